The zero-order valence-electron chi connectivity index (χ0n) is 8.33. The fourth-order valence-corrected chi connectivity index (χ4v) is 1.67. The first-order chi connectivity index (χ1) is 7.06. The second kappa shape index (κ2) is 5.32. The molecule has 82 valence electrons. The molecule has 0 amide bonds. The number of hydrogen-bond donors (Lipinski definition) is 0. The Labute approximate surface area is 101 Å². The van der Waals surface area contributed by atoms with Gasteiger partial charge in [0.1, 0.15) is 0 Å². The molecule has 0 spiro atoms. The Hall–Kier alpha value is -0.810. The minimum Gasteiger partial charge on any atom is -0.463 e. The lowest BCUT2D eigenvalue weighted by molar-refractivity contribution is -0.137. The lowest BCUT2D eigenvalue weighted by atomic mass is 10.4. The first-order valence-corrected chi connectivity index (χ1v) is 5.46. The third-order valence-corrected chi connectivity index (χ3v) is 2.93. The highest BCUT2D eigenvalue weighted by Crippen LogP contribution is 2.25. The van der Waals surface area contributed by atoms with Gasteiger partial charge < -0.3 is 4.74 Å². The van der Waals surface area contributed by atoms with Crippen molar-refractivity contribution in [1.29, 1.82) is 0 Å². The first kappa shape index (κ1) is 12.3. The van der Waals surface area contributed by atoms with E-state index in [0.717, 1.165) is 0 Å². The first-order valence-electron chi connectivity index (χ1n) is 4.29. The molecule has 1 aromatic rings. The summed E-state index contributed by atoms with van der Waals surface area (Å²) >= 11 is 9.05. The molecule has 0 saturated heterocycles. The van der Waals surface area contributed by atoms with Gasteiger partial charge >= 0.3 is 5.97 Å². The molecule has 1 rings (SSSR count). The van der Waals surface area contributed by atoms with E-state index < -0.39 is 0 Å². The van der Waals surface area contributed by atoms with Crippen molar-refractivity contribution in [3.63, 3.8) is 0 Å². The van der Waals surface area contributed by atoms with Crippen LogP contribution >= 0.6 is 27.5 Å². The second-order valence-electron chi connectivity index (χ2n) is 2.70. The average molecular weight is 294 g/mol. The zero-order chi connectivity index (χ0) is 11.4. The SMILES string of the molecule is CCOC(=O)/C=C/c1c(Br)c(Cl)nn1C. The number of carbonyl (C=O) groups excluding carboxylic acids is 1. The number of aryl methyl sites for hydroxylation is 1. The lowest BCUT2D eigenvalue weighted by Gasteiger charge is -1.96. The summed E-state index contributed by atoms with van der Waals surface area (Å²) in [5.41, 5.74) is 0.716. The molecule has 0 N–H and O–H groups in total. The fraction of sp³-hybridized carbons (Fsp3) is 0.333. The van der Waals surface area contributed by atoms with Crippen LogP contribution < -0.4 is 0 Å². The van der Waals surface area contributed by atoms with Gasteiger partial charge in [0.2, 0.25) is 0 Å². The Kier molecular flexibility index (Phi) is 4.35. The molecule has 0 aliphatic carbocycles. The highest BCUT2D eigenvalue weighted by Gasteiger charge is 2.09. The number of hydrogen-bond acceptors (Lipinski definition) is 3. The summed E-state index contributed by atoms with van der Waals surface area (Å²) in [7, 11) is 1.74. The third-order valence-electron chi connectivity index (χ3n) is 1.66. The molecule has 0 fully saturated rings. The molecule has 0 radical (unpaired) electrons. The minimum absolute atomic E-state index is 0.358. The van der Waals surface area contributed by atoms with Crippen LogP contribution in [0, 0.1) is 0 Å². The maximum atomic E-state index is 11.1. The smallest absolute Gasteiger partial charge is 0.330 e. The monoisotopic (exact) mass is 292 g/mol. The summed E-state index contributed by atoms with van der Waals surface area (Å²) in [6, 6.07) is 0. The summed E-state index contributed by atoms with van der Waals surface area (Å²) in [5.74, 6) is -0.387. The average Bonchev–Trinajstić information content (AvgIpc) is 2.40. The predicted molar refractivity (Wildman–Crippen MR) is 61.6 cm³/mol. The molecule has 1 heterocycles. The van der Waals surface area contributed by atoms with Crippen LogP contribution in [0.2, 0.25) is 5.15 Å². The van der Waals surface area contributed by atoms with Gasteiger partial charge in [0.15, 0.2) is 5.15 Å². The summed E-state index contributed by atoms with van der Waals surface area (Å²) in [5, 5.41) is 4.33. The number of nitrogens with zero attached hydrogens (tertiary/aromatic N) is 2. The van der Waals surface area contributed by atoms with Gasteiger partial charge in [0, 0.05) is 13.1 Å². The van der Waals surface area contributed by atoms with E-state index in [9.17, 15) is 4.79 Å². The van der Waals surface area contributed by atoms with Crippen LogP contribution in [0.5, 0.6) is 0 Å². The summed E-state index contributed by atoms with van der Waals surface area (Å²) in [6.45, 7) is 2.11. The molecule has 1 aromatic heterocycles. The van der Waals surface area contributed by atoms with Gasteiger partial charge in [0.25, 0.3) is 0 Å². The van der Waals surface area contributed by atoms with E-state index in [0.29, 0.717) is 21.9 Å². The summed E-state index contributed by atoms with van der Waals surface area (Å²) in [6.07, 6.45) is 2.93. The van der Waals surface area contributed by atoms with Crippen LogP contribution in [0.15, 0.2) is 10.5 Å². The number of rotatable bonds is 3. The molecule has 0 saturated carbocycles. The normalized spacial score (nSPS) is 10.9. The Morgan fingerprint density at radius 2 is 2.40 bits per heavy atom. The van der Waals surface area contributed by atoms with E-state index in [4.69, 9.17) is 16.3 Å². The van der Waals surface area contributed by atoms with E-state index >= 15 is 0 Å². The number of halogens is 2. The van der Waals surface area contributed by atoms with Gasteiger partial charge in [-0.15, -0.1) is 0 Å². The maximum absolute atomic E-state index is 11.1. The Morgan fingerprint density at radius 1 is 1.73 bits per heavy atom. The van der Waals surface area contributed by atoms with Crippen molar-refractivity contribution in [2.75, 3.05) is 6.61 Å². The standard InChI is InChI=1S/C9H10BrClN2O2/c1-3-15-7(14)5-4-6-8(10)9(11)12-13(6)2/h4-5H,3H2,1-2H3/b5-4+. The Balaban J connectivity index is 2.84. The van der Waals surface area contributed by atoms with Gasteiger partial charge in [-0.3, -0.25) is 4.68 Å². The van der Waals surface area contributed by atoms with Crippen molar-refractivity contribution in [3.05, 3.63) is 21.4 Å². The van der Waals surface area contributed by atoms with Crippen molar-refractivity contribution in [3.8, 4) is 0 Å². The van der Waals surface area contributed by atoms with E-state index in [1.165, 1.54) is 6.08 Å². The maximum Gasteiger partial charge on any atom is 0.330 e. The molecule has 0 bridgehead atoms. The Bertz CT molecular complexity index is 401. The highest BCUT2D eigenvalue weighted by molar-refractivity contribution is 9.10. The van der Waals surface area contributed by atoms with Crippen LogP contribution in [-0.4, -0.2) is 22.4 Å². The fourth-order valence-electron chi connectivity index (χ4n) is 0.996. The minimum atomic E-state index is -0.387. The Morgan fingerprint density at radius 3 is 2.87 bits per heavy atom. The van der Waals surface area contributed by atoms with Crippen molar-refractivity contribution in [2.45, 2.75) is 6.92 Å². The van der Waals surface area contributed by atoms with Crippen LogP contribution in [0.25, 0.3) is 6.08 Å². The number of esters is 1. The highest BCUT2D eigenvalue weighted by atomic mass is 79.9. The van der Waals surface area contributed by atoms with Crippen molar-refractivity contribution < 1.29 is 9.53 Å². The third kappa shape index (κ3) is 3.07. The molecule has 0 aliphatic heterocycles. The molecular formula is C9H10BrClN2O2. The summed E-state index contributed by atoms with van der Waals surface area (Å²) < 4.78 is 6.98. The molecule has 15 heavy (non-hydrogen) atoms. The molecule has 0 aromatic carbocycles. The van der Waals surface area contributed by atoms with Crippen molar-refractivity contribution in [1.82, 2.24) is 9.78 Å². The van der Waals surface area contributed by atoms with E-state index in [1.54, 1.807) is 24.7 Å². The summed E-state index contributed by atoms with van der Waals surface area (Å²) in [4.78, 5) is 11.1. The van der Waals surface area contributed by atoms with Gasteiger partial charge in [-0.05, 0) is 28.9 Å². The number of aromatic nitrogens is 2. The molecule has 0 unspecified atom stereocenters. The van der Waals surface area contributed by atoms with Gasteiger partial charge in [-0.1, -0.05) is 11.6 Å². The van der Waals surface area contributed by atoms with Gasteiger partial charge in [0.05, 0.1) is 16.8 Å². The predicted octanol–water partition coefficient (Wildman–Crippen LogP) is 2.41. The van der Waals surface area contributed by atoms with Crippen LogP contribution in [0.4, 0.5) is 0 Å². The lowest BCUT2D eigenvalue weighted by Crippen LogP contribution is -1.99. The molecule has 6 heteroatoms. The zero-order valence-corrected chi connectivity index (χ0v) is 10.7. The van der Waals surface area contributed by atoms with Crippen LogP contribution in [0.3, 0.4) is 0 Å². The molecule has 4 nitrogen and oxygen atoms in total. The largest absolute Gasteiger partial charge is 0.463 e. The van der Waals surface area contributed by atoms with Crippen molar-refractivity contribution >= 4 is 39.6 Å². The van der Waals surface area contributed by atoms with E-state index in [2.05, 4.69) is 21.0 Å². The van der Waals surface area contributed by atoms with Gasteiger partial charge in [-0.2, -0.15) is 5.10 Å². The van der Waals surface area contributed by atoms with E-state index in [-0.39, 0.29) is 5.97 Å². The number of carbonyl (C=O) groups is 1. The molecular weight excluding hydrogens is 283 g/mol. The van der Waals surface area contributed by atoms with Crippen LogP contribution in [-0.2, 0) is 16.6 Å². The van der Waals surface area contributed by atoms with Crippen molar-refractivity contribution in [2.24, 2.45) is 7.05 Å². The van der Waals surface area contributed by atoms with E-state index in [1.807, 2.05) is 0 Å². The number of ether oxygens (including phenoxy) is 1. The molecule has 0 aliphatic rings. The quantitative estimate of drug-likeness (QED) is 0.635. The van der Waals surface area contributed by atoms with Crippen LogP contribution in [0.1, 0.15) is 12.6 Å². The second-order valence-corrected chi connectivity index (χ2v) is 3.85. The topological polar surface area (TPSA) is 44.1 Å². The van der Waals surface area contributed by atoms with Gasteiger partial charge in [-0.25, -0.2) is 4.79 Å². The molecule has 0 atom stereocenters.